The Bertz CT molecular complexity index is 1170. The van der Waals surface area contributed by atoms with Gasteiger partial charge in [-0.2, -0.15) is 5.26 Å². The molecule has 29 heavy (non-hydrogen) atoms. The molecule has 1 fully saturated rings. The average Bonchev–Trinajstić information content (AvgIpc) is 2.70. The minimum Gasteiger partial charge on any atom is -0.368 e. The largest absolute Gasteiger partial charge is 0.368 e. The summed E-state index contributed by atoms with van der Waals surface area (Å²) in [6.07, 6.45) is 0. The zero-order valence-electron chi connectivity index (χ0n) is 16.4. The van der Waals surface area contributed by atoms with Gasteiger partial charge in [0.2, 0.25) is 0 Å². The number of aromatic amines is 1. The number of fused-ring (bicyclic) bond motifs is 1. The molecule has 2 aromatic heterocycles. The molecule has 0 amide bonds. The van der Waals surface area contributed by atoms with Crippen LogP contribution in [-0.2, 0) is 6.54 Å². The second kappa shape index (κ2) is 7.60. The second-order valence-corrected chi connectivity index (χ2v) is 7.30. The molecule has 1 aromatic carbocycles. The van der Waals surface area contributed by atoms with Crippen LogP contribution in [0.25, 0.3) is 11.0 Å². The van der Waals surface area contributed by atoms with Crippen LogP contribution in [0.1, 0.15) is 22.6 Å². The van der Waals surface area contributed by atoms with Crippen molar-refractivity contribution in [2.45, 2.75) is 20.4 Å². The van der Waals surface area contributed by atoms with Gasteiger partial charge in [0.15, 0.2) is 5.82 Å². The van der Waals surface area contributed by atoms with Gasteiger partial charge in [0, 0.05) is 32.7 Å². The first kappa shape index (κ1) is 19.0. The summed E-state index contributed by atoms with van der Waals surface area (Å²) < 4.78 is 14.5. The van der Waals surface area contributed by atoms with E-state index in [-0.39, 0.29) is 16.8 Å². The molecule has 1 saturated heterocycles. The van der Waals surface area contributed by atoms with E-state index in [1.807, 2.05) is 13.0 Å². The predicted octanol–water partition coefficient (Wildman–Crippen LogP) is 2.27. The summed E-state index contributed by atoms with van der Waals surface area (Å²) in [5.41, 5.74) is 3.70. The highest BCUT2D eigenvalue weighted by Crippen LogP contribution is 2.22. The molecule has 7 nitrogen and oxygen atoms in total. The Hall–Kier alpha value is -3.31. The van der Waals surface area contributed by atoms with Crippen molar-refractivity contribution in [3.8, 4) is 6.07 Å². The zero-order valence-corrected chi connectivity index (χ0v) is 16.4. The van der Waals surface area contributed by atoms with E-state index in [0.717, 1.165) is 43.1 Å². The highest BCUT2D eigenvalue weighted by atomic mass is 19.1. The lowest BCUT2D eigenvalue weighted by molar-refractivity contribution is 0.249. The van der Waals surface area contributed by atoms with Crippen molar-refractivity contribution >= 4 is 16.7 Å². The number of hydrogen-bond acceptors (Lipinski definition) is 6. The van der Waals surface area contributed by atoms with Crippen LogP contribution in [0.3, 0.4) is 0 Å². The molecule has 0 bridgehead atoms. The molecule has 1 aliphatic rings. The number of nitrogens with one attached hydrogen (secondary N) is 1. The third-order valence-electron chi connectivity index (χ3n) is 5.27. The van der Waals surface area contributed by atoms with Crippen molar-refractivity contribution in [1.29, 1.82) is 5.26 Å². The Morgan fingerprint density at radius 2 is 1.90 bits per heavy atom. The van der Waals surface area contributed by atoms with Crippen molar-refractivity contribution in [2.24, 2.45) is 0 Å². The molecule has 4 rings (SSSR count). The fourth-order valence-corrected chi connectivity index (χ4v) is 3.74. The van der Waals surface area contributed by atoms with Gasteiger partial charge in [-0.1, -0.05) is 0 Å². The molecular weight excluding hydrogens is 371 g/mol. The van der Waals surface area contributed by atoms with Gasteiger partial charge in [-0.25, -0.2) is 14.4 Å². The number of hydrogen-bond donors (Lipinski definition) is 1. The summed E-state index contributed by atoms with van der Waals surface area (Å²) >= 11 is 0. The molecule has 3 aromatic rings. The van der Waals surface area contributed by atoms with Crippen LogP contribution in [0.2, 0.25) is 0 Å². The number of nitrogens with zero attached hydrogens (tertiary/aromatic N) is 5. The monoisotopic (exact) mass is 392 g/mol. The molecule has 1 aliphatic heterocycles. The standard InChI is InChI=1S/C21H21FN6O/c1-13-19(4-3-16(11-23)24-13)28-7-5-27(6-8-28)12-15-9-17(22)20-18(10-15)26-21(29)14(2)25-20/h3-4,9-10H,5-8,12H2,1-2H3,(H,26,29). The summed E-state index contributed by atoms with van der Waals surface area (Å²) in [7, 11) is 0. The average molecular weight is 392 g/mol. The number of H-pyrrole nitrogens is 1. The lowest BCUT2D eigenvalue weighted by atomic mass is 10.1. The number of pyridine rings is 1. The van der Waals surface area contributed by atoms with Crippen molar-refractivity contribution < 1.29 is 4.39 Å². The van der Waals surface area contributed by atoms with Crippen LogP contribution in [0.5, 0.6) is 0 Å². The molecule has 0 radical (unpaired) electrons. The van der Waals surface area contributed by atoms with Crippen LogP contribution in [0.4, 0.5) is 10.1 Å². The number of aryl methyl sites for hydroxylation is 2. The van der Waals surface area contributed by atoms with Crippen molar-refractivity contribution in [2.75, 3.05) is 31.1 Å². The van der Waals surface area contributed by atoms with E-state index in [9.17, 15) is 9.18 Å². The normalized spacial score (nSPS) is 14.9. The number of anilines is 1. The minimum absolute atomic E-state index is 0.194. The van der Waals surface area contributed by atoms with Crippen molar-refractivity contribution in [1.82, 2.24) is 19.9 Å². The van der Waals surface area contributed by atoms with Crippen LogP contribution < -0.4 is 10.5 Å². The summed E-state index contributed by atoms with van der Waals surface area (Å²) in [5, 5.41) is 8.97. The Morgan fingerprint density at radius 1 is 1.14 bits per heavy atom. The zero-order chi connectivity index (χ0) is 20.5. The quantitative estimate of drug-likeness (QED) is 0.736. The maximum Gasteiger partial charge on any atom is 0.269 e. The maximum absolute atomic E-state index is 14.5. The highest BCUT2D eigenvalue weighted by molar-refractivity contribution is 5.75. The Balaban J connectivity index is 1.47. The van der Waals surface area contributed by atoms with Crippen molar-refractivity contribution in [3.05, 3.63) is 63.1 Å². The minimum atomic E-state index is -0.422. The summed E-state index contributed by atoms with van der Waals surface area (Å²) in [6.45, 7) is 7.36. The highest BCUT2D eigenvalue weighted by Gasteiger charge is 2.20. The van der Waals surface area contributed by atoms with Gasteiger partial charge in [-0.15, -0.1) is 0 Å². The van der Waals surface area contributed by atoms with Crippen LogP contribution in [0, 0.1) is 31.0 Å². The summed E-state index contributed by atoms with van der Waals surface area (Å²) in [6, 6.07) is 9.04. The first-order valence-corrected chi connectivity index (χ1v) is 9.48. The fraction of sp³-hybridized carbons (Fsp3) is 0.333. The van der Waals surface area contributed by atoms with E-state index in [1.165, 1.54) is 6.07 Å². The Kier molecular flexibility index (Phi) is 4.99. The number of aromatic nitrogens is 3. The number of piperazine rings is 1. The van der Waals surface area contributed by atoms with Crippen LogP contribution in [-0.4, -0.2) is 46.0 Å². The second-order valence-electron chi connectivity index (χ2n) is 7.30. The lowest BCUT2D eigenvalue weighted by Gasteiger charge is -2.36. The number of benzene rings is 1. The van der Waals surface area contributed by atoms with Gasteiger partial charge in [0.05, 0.1) is 16.9 Å². The predicted molar refractivity (Wildman–Crippen MR) is 108 cm³/mol. The lowest BCUT2D eigenvalue weighted by Crippen LogP contribution is -2.46. The molecule has 3 heterocycles. The van der Waals surface area contributed by atoms with Crippen LogP contribution >= 0.6 is 0 Å². The Labute approximate surface area is 167 Å². The number of halogens is 1. The molecule has 0 spiro atoms. The van der Waals surface area contributed by atoms with E-state index in [0.29, 0.717) is 17.8 Å². The number of nitriles is 1. The van der Waals surface area contributed by atoms with Gasteiger partial charge in [-0.05, 0) is 43.7 Å². The van der Waals surface area contributed by atoms with Gasteiger partial charge in [0.25, 0.3) is 5.56 Å². The molecular formula is C21H21FN6O. The summed E-state index contributed by atoms with van der Waals surface area (Å²) in [5.74, 6) is -0.422. The van der Waals surface area contributed by atoms with Gasteiger partial charge in [-0.3, -0.25) is 9.69 Å². The smallest absolute Gasteiger partial charge is 0.269 e. The van der Waals surface area contributed by atoms with Gasteiger partial charge < -0.3 is 9.88 Å². The first-order valence-electron chi connectivity index (χ1n) is 9.48. The molecule has 148 valence electrons. The fourth-order valence-electron chi connectivity index (χ4n) is 3.74. The van der Waals surface area contributed by atoms with Crippen molar-refractivity contribution in [3.63, 3.8) is 0 Å². The summed E-state index contributed by atoms with van der Waals surface area (Å²) in [4.78, 5) is 27.4. The SMILES string of the molecule is Cc1nc(C#N)ccc1N1CCN(Cc2cc(F)c3nc(C)c(=O)[nH]c3c2)CC1. The molecule has 0 unspecified atom stereocenters. The van der Waals surface area contributed by atoms with E-state index in [4.69, 9.17) is 5.26 Å². The van der Waals surface area contributed by atoms with Gasteiger partial charge in [0.1, 0.15) is 23.0 Å². The Morgan fingerprint density at radius 3 is 2.59 bits per heavy atom. The molecule has 8 heteroatoms. The van der Waals surface area contributed by atoms with E-state index in [1.54, 1.807) is 19.1 Å². The topological polar surface area (TPSA) is 88.9 Å². The number of rotatable bonds is 3. The molecule has 0 atom stereocenters. The third kappa shape index (κ3) is 3.82. The van der Waals surface area contributed by atoms with Gasteiger partial charge >= 0.3 is 0 Å². The molecule has 0 saturated carbocycles. The van der Waals surface area contributed by atoms with E-state index < -0.39 is 5.82 Å². The molecule has 0 aliphatic carbocycles. The maximum atomic E-state index is 14.5. The van der Waals surface area contributed by atoms with E-state index >= 15 is 0 Å². The first-order chi connectivity index (χ1) is 13.9. The van der Waals surface area contributed by atoms with E-state index in [2.05, 4.69) is 30.8 Å². The van der Waals surface area contributed by atoms with Crippen LogP contribution in [0.15, 0.2) is 29.1 Å². The third-order valence-corrected chi connectivity index (χ3v) is 5.27. The molecule has 1 N–H and O–H groups in total.